The molecular weight excluding hydrogens is 340 g/mol. The first-order valence-electron chi connectivity index (χ1n) is 8.86. The predicted molar refractivity (Wildman–Crippen MR) is 95.9 cm³/mol. The van der Waals surface area contributed by atoms with E-state index < -0.39 is 27.8 Å². The van der Waals surface area contributed by atoms with Crippen molar-refractivity contribution in [2.24, 2.45) is 5.73 Å². The number of aliphatic hydroxyl groups is 1. The minimum absolute atomic E-state index is 0.0285. The molecule has 1 fully saturated rings. The van der Waals surface area contributed by atoms with Crippen LogP contribution < -0.4 is 10.5 Å². The Balaban J connectivity index is 2.02. The zero-order valence-electron chi connectivity index (χ0n) is 15.3. The molecule has 6 nitrogen and oxygen atoms in total. The Hall–Kier alpha value is -1.15. The van der Waals surface area contributed by atoms with E-state index in [0.29, 0.717) is 11.3 Å². The Morgan fingerprint density at radius 3 is 2.44 bits per heavy atom. The van der Waals surface area contributed by atoms with Crippen LogP contribution in [0.4, 0.5) is 0 Å². The third kappa shape index (κ3) is 3.07. The SMILES string of the molecule is C[C@@H]1CCC[C@H](C)N1S(=O)(=O)c1ccc2c(c1)[C@@H](N)[C@H](O)C(C)(C)O2. The maximum atomic E-state index is 13.2. The molecule has 0 saturated carbocycles. The average molecular weight is 368 g/mol. The van der Waals surface area contributed by atoms with Gasteiger partial charge in [0.15, 0.2) is 0 Å². The molecule has 140 valence electrons. The maximum Gasteiger partial charge on any atom is 0.243 e. The summed E-state index contributed by atoms with van der Waals surface area (Å²) in [6, 6.07) is 4.03. The zero-order chi connectivity index (χ0) is 18.6. The van der Waals surface area contributed by atoms with E-state index in [1.165, 1.54) is 0 Å². The molecule has 4 atom stereocenters. The molecule has 2 heterocycles. The number of ether oxygens (including phenoxy) is 1. The number of nitrogens with zero attached hydrogens (tertiary/aromatic N) is 1. The van der Waals surface area contributed by atoms with E-state index >= 15 is 0 Å². The van der Waals surface area contributed by atoms with E-state index in [9.17, 15) is 13.5 Å². The molecule has 3 N–H and O–H groups in total. The number of sulfonamides is 1. The number of piperidine rings is 1. The second kappa shape index (κ2) is 6.23. The largest absolute Gasteiger partial charge is 0.485 e. The summed E-state index contributed by atoms with van der Waals surface area (Å²) in [6.45, 7) is 7.43. The molecule has 0 aromatic heterocycles. The Morgan fingerprint density at radius 2 is 1.84 bits per heavy atom. The number of hydrogen-bond acceptors (Lipinski definition) is 5. The summed E-state index contributed by atoms with van der Waals surface area (Å²) in [6.07, 6.45) is 1.86. The third-order valence-electron chi connectivity index (χ3n) is 5.45. The first kappa shape index (κ1) is 18.6. The quantitative estimate of drug-likeness (QED) is 0.834. The van der Waals surface area contributed by atoms with Gasteiger partial charge in [-0.15, -0.1) is 0 Å². The van der Waals surface area contributed by atoms with Gasteiger partial charge in [0.25, 0.3) is 0 Å². The molecule has 2 aliphatic heterocycles. The van der Waals surface area contributed by atoms with Crippen LogP contribution in [-0.4, -0.2) is 41.6 Å². The Morgan fingerprint density at radius 1 is 1.24 bits per heavy atom. The first-order valence-corrected chi connectivity index (χ1v) is 10.3. The molecule has 1 saturated heterocycles. The van der Waals surface area contributed by atoms with Crippen LogP contribution >= 0.6 is 0 Å². The number of benzene rings is 1. The van der Waals surface area contributed by atoms with Gasteiger partial charge in [0, 0.05) is 17.6 Å². The lowest BCUT2D eigenvalue weighted by molar-refractivity contribution is -0.0572. The van der Waals surface area contributed by atoms with Gasteiger partial charge in [-0.3, -0.25) is 0 Å². The smallest absolute Gasteiger partial charge is 0.243 e. The molecule has 0 spiro atoms. The van der Waals surface area contributed by atoms with Crippen molar-refractivity contribution >= 4 is 10.0 Å². The summed E-state index contributed by atoms with van der Waals surface area (Å²) in [5, 5.41) is 10.4. The second-order valence-electron chi connectivity index (χ2n) is 7.84. The molecule has 25 heavy (non-hydrogen) atoms. The fourth-order valence-electron chi connectivity index (χ4n) is 3.98. The number of fused-ring (bicyclic) bond motifs is 1. The van der Waals surface area contributed by atoms with Crippen molar-refractivity contribution in [3.05, 3.63) is 23.8 Å². The van der Waals surface area contributed by atoms with Crippen molar-refractivity contribution in [2.45, 2.75) is 81.7 Å². The normalized spacial score (nSPS) is 32.7. The molecule has 0 aliphatic carbocycles. The molecule has 1 aromatic rings. The van der Waals surface area contributed by atoms with Crippen molar-refractivity contribution in [1.29, 1.82) is 0 Å². The Bertz CT molecular complexity index is 752. The fraction of sp³-hybridized carbons (Fsp3) is 0.667. The van der Waals surface area contributed by atoms with Gasteiger partial charge in [-0.2, -0.15) is 4.31 Å². The molecule has 0 amide bonds. The Kier molecular flexibility index (Phi) is 4.64. The van der Waals surface area contributed by atoms with Gasteiger partial charge in [0.1, 0.15) is 17.5 Å². The van der Waals surface area contributed by atoms with Gasteiger partial charge in [-0.1, -0.05) is 6.42 Å². The van der Waals surface area contributed by atoms with Gasteiger partial charge < -0.3 is 15.6 Å². The topological polar surface area (TPSA) is 92.9 Å². The van der Waals surface area contributed by atoms with Crippen LogP contribution in [0.5, 0.6) is 5.75 Å². The monoisotopic (exact) mass is 368 g/mol. The number of hydrogen-bond donors (Lipinski definition) is 2. The summed E-state index contributed by atoms with van der Waals surface area (Å²) in [5.41, 5.74) is 5.89. The van der Waals surface area contributed by atoms with Gasteiger partial charge in [0.05, 0.1) is 10.9 Å². The number of aliphatic hydroxyl groups excluding tert-OH is 1. The highest BCUT2D eigenvalue weighted by atomic mass is 32.2. The molecule has 2 aliphatic rings. The molecule has 0 bridgehead atoms. The summed E-state index contributed by atoms with van der Waals surface area (Å²) in [4.78, 5) is 0.206. The predicted octanol–water partition coefficient (Wildman–Crippen LogP) is 2.17. The van der Waals surface area contributed by atoms with E-state index in [2.05, 4.69) is 0 Å². The maximum absolute atomic E-state index is 13.2. The van der Waals surface area contributed by atoms with Crippen molar-refractivity contribution in [1.82, 2.24) is 4.31 Å². The van der Waals surface area contributed by atoms with Crippen molar-refractivity contribution in [3.8, 4) is 5.75 Å². The minimum atomic E-state index is -3.62. The second-order valence-corrected chi connectivity index (χ2v) is 9.68. The lowest BCUT2D eigenvalue weighted by Crippen LogP contribution is -2.51. The standard InChI is InChI=1S/C18H28N2O4S/c1-11-6-5-7-12(2)20(11)25(22,23)13-8-9-15-14(10-13)16(19)17(21)18(3,4)24-15/h8-12,16-17,21H,5-7,19H2,1-4H3/t11-,12+,16-,17+/m1/s1. The summed E-state index contributed by atoms with van der Waals surface area (Å²) < 4.78 is 33.8. The van der Waals surface area contributed by atoms with Crippen molar-refractivity contribution in [2.75, 3.05) is 0 Å². The van der Waals surface area contributed by atoms with Crippen LogP contribution in [0.3, 0.4) is 0 Å². The third-order valence-corrected chi connectivity index (χ3v) is 7.58. The van der Waals surface area contributed by atoms with Gasteiger partial charge in [-0.25, -0.2) is 8.42 Å². The van der Waals surface area contributed by atoms with E-state index in [1.54, 1.807) is 36.4 Å². The average Bonchev–Trinajstić information content (AvgIpc) is 2.52. The number of nitrogens with two attached hydrogens (primary N) is 1. The van der Waals surface area contributed by atoms with Crippen molar-refractivity contribution in [3.63, 3.8) is 0 Å². The molecule has 0 unspecified atom stereocenters. The van der Waals surface area contributed by atoms with Crippen LogP contribution in [0.2, 0.25) is 0 Å². The van der Waals surface area contributed by atoms with E-state index in [0.717, 1.165) is 19.3 Å². The summed E-state index contributed by atoms with van der Waals surface area (Å²) >= 11 is 0. The van der Waals surface area contributed by atoms with Gasteiger partial charge in [-0.05, 0) is 58.7 Å². The summed E-state index contributed by atoms with van der Waals surface area (Å²) in [5.74, 6) is 0.529. The van der Waals surface area contributed by atoms with Crippen molar-refractivity contribution < 1.29 is 18.3 Å². The summed E-state index contributed by atoms with van der Waals surface area (Å²) in [7, 11) is -3.62. The van der Waals surface area contributed by atoms with Crippen LogP contribution in [0, 0.1) is 0 Å². The van der Waals surface area contributed by atoms with Crippen LogP contribution in [0.25, 0.3) is 0 Å². The first-order chi connectivity index (χ1) is 11.6. The Labute approximate surface area is 150 Å². The van der Waals surface area contributed by atoms with Crippen LogP contribution in [0.15, 0.2) is 23.1 Å². The van der Waals surface area contributed by atoms with E-state index in [-0.39, 0.29) is 17.0 Å². The van der Waals surface area contributed by atoms with E-state index in [1.807, 2.05) is 13.8 Å². The molecular formula is C18H28N2O4S. The lowest BCUT2D eigenvalue weighted by Gasteiger charge is -2.41. The van der Waals surface area contributed by atoms with E-state index in [4.69, 9.17) is 10.5 Å². The molecule has 3 rings (SSSR count). The lowest BCUT2D eigenvalue weighted by atomic mass is 9.87. The molecule has 7 heteroatoms. The number of rotatable bonds is 2. The zero-order valence-corrected chi connectivity index (χ0v) is 16.1. The molecule has 1 aromatic carbocycles. The fourth-order valence-corrected chi connectivity index (χ4v) is 5.90. The van der Waals surface area contributed by atoms with Crippen LogP contribution in [-0.2, 0) is 10.0 Å². The highest BCUT2D eigenvalue weighted by molar-refractivity contribution is 7.89. The van der Waals surface area contributed by atoms with Gasteiger partial charge >= 0.3 is 0 Å². The van der Waals surface area contributed by atoms with Crippen LogP contribution in [0.1, 0.15) is 58.6 Å². The minimum Gasteiger partial charge on any atom is -0.485 e. The van der Waals surface area contributed by atoms with Gasteiger partial charge in [0.2, 0.25) is 10.0 Å². The molecule has 0 radical (unpaired) electrons. The highest BCUT2D eigenvalue weighted by Crippen LogP contribution is 2.40. The highest BCUT2D eigenvalue weighted by Gasteiger charge is 2.42.